The monoisotopic (exact) mass is 385 g/mol. The minimum Gasteiger partial charge on any atom is -0.351 e. The average Bonchev–Trinajstić information content (AvgIpc) is 3.31. The molecule has 0 atom stereocenters. The van der Waals surface area contributed by atoms with E-state index in [-0.39, 0.29) is 29.4 Å². The molecule has 4 aromatic rings. The Morgan fingerprint density at radius 1 is 1.07 bits per heavy atom. The van der Waals surface area contributed by atoms with Crippen molar-refractivity contribution in [1.82, 2.24) is 25.3 Å². The predicted molar refractivity (Wildman–Crippen MR) is 97.6 cm³/mol. The molecule has 0 aliphatic heterocycles. The van der Waals surface area contributed by atoms with Crippen molar-refractivity contribution in [2.24, 2.45) is 0 Å². The molecule has 2 aromatic heterocycles. The molecule has 0 saturated heterocycles. The van der Waals surface area contributed by atoms with Crippen LogP contribution in [0.25, 0.3) is 21.9 Å². The number of aromatic amines is 1. The number of hydrogen-bond donors (Lipinski definition) is 3. The number of nitrogens with zero attached hydrogens (tertiary/aromatic N) is 2. The zero-order valence-corrected chi connectivity index (χ0v) is 14.8. The number of sulfonamides is 1. The number of benzene rings is 2. The minimum atomic E-state index is -3.81. The fraction of sp³-hybridized carbons (Fsp3) is 0.118. The molecule has 2 aromatic carbocycles. The van der Waals surface area contributed by atoms with Crippen LogP contribution in [0.1, 0.15) is 10.5 Å². The zero-order chi connectivity index (χ0) is 18.9. The molecule has 0 unspecified atom stereocenters. The Morgan fingerprint density at radius 2 is 1.93 bits per heavy atom. The molecule has 10 heteroatoms. The molecule has 0 aliphatic rings. The second kappa shape index (κ2) is 6.82. The molecule has 0 fully saturated rings. The van der Waals surface area contributed by atoms with Crippen molar-refractivity contribution < 1.29 is 17.8 Å². The van der Waals surface area contributed by atoms with Gasteiger partial charge in [0.1, 0.15) is 16.1 Å². The zero-order valence-electron chi connectivity index (χ0n) is 14.0. The van der Waals surface area contributed by atoms with Crippen molar-refractivity contribution in [3.63, 3.8) is 0 Å². The van der Waals surface area contributed by atoms with Gasteiger partial charge in [0.05, 0.1) is 0 Å². The summed E-state index contributed by atoms with van der Waals surface area (Å²) in [6.45, 7) is 0.149. The van der Waals surface area contributed by atoms with E-state index < -0.39 is 10.0 Å². The Hall–Kier alpha value is -3.24. The Balaban J connectivity index is 1.38. The number of rotatable bonds is 6. The molecule has 4 rings (SSSR count). The number of para-hydroxylation sites is 1. The van der Waals surface area contributed by atoms with Crippen LogP contribution in [-0.4, -0.2) is 42.7 Å². The molecule has 0 spiro atoms. The first-order valence-corrected chi connectivity index (χ1v) is 9.60. The van der Waals surface area contributed by atoms with E-state index in [0.717, 1.165) is 10.9 Å². The fourth-order valence-corrected chi connectivity index (χ4v) is 3.91. The molecule has 9 nitrogen and oxygen atoms in total. The van der Waals surface area contributed by atoms with Crippen molar-refractivity contribution in [3.05, 3.63) is 54.2 Å². The van der Waals surface area contributed by atoms with Crippen LogP contribution in [0.2, 0.25) is 0 Å². The summed E-state index contributed by atoms with van der Waals surface area (Å²) < 4.78 is 31.9. The maximum absolute atomic E-state index is 12.4. The first-order chi connectivity index (χ1) is 13.0. The van der Waals surface area contributed by atoms with Crippen molar-refractivity contribution in [1.29, 1.82) is 0 Å². The molecule has 0 radical (unpaired) electrons. The van der Waals surface area contributed by atoms with Gasteiger partial charge >= 0.3 is 0 Å². The molecule has 0 bridgehead atoms. The number of carbonyl (C=O) groups is 1. The highest BCUT2D eigenvalue weighted by Gasteiger charge is 2.20. The van der Waals surface area contributed by atoms with Crippen LogP contribution in [0.5, 0.6) is 0 Å². The van der Waals surface area contributed by atoms with Gasteiger partial charge in [-0.2, -0.15) is 0 Å². The second-order valence-corrected chi connectivity index (χ2v) is 7.55. The summed E-state index contributed by atoms with van der Waals surface area (Å²) in [5.41, 5.74) is 1.78. The highest BCUT2D eigenvalue weighted by molar-refractivity contribution is 7.89. The van der Waals surface area contributed by atoms with Gasteiger partial charge in [-0.3, -0.25) is 4.79 Å². The van der Waals surface area contributed by atoms with E-state index >= 15 is 0 Å². The number of hydrogen-bond acceptors (Lipinski definition) is 6. The number of aromatic nitrogens is 3. The van der Waals surface area contributed by atoms with Crippen LogP contribution in [-0.2, 0) is 10.0 Å². The van der Waals surface area contributed by atoms with Crippen molar-refractivity contribution in [2.75, 3.05) is 13.1 Å². The van der Waals surface area contributed by atoms with E-state index in [9.17, 15) is 13.2 Å². The number of carbonyl (C=O) groups excluding carboxylic acids is 1. The molecule has 0 aliphatic carbocycles. The van der Waals surface area contributed by atoms with Gasteiger partial charge in [0.25, 0.3) is 5.91 Å². The lowest BCUT2D eigenvalue weighted by atomic mass is 10.2. The quantitative estimate of drug-likeness (QED) is 0.430. The largest absolute Gasteiger partial charge is 0.351 e. The number of nitrogens with one attached hydrogen (secondary N) is 3. The minimum absolute atomic E-state index is 0.0238. The third-order valence-electron chi connectivity index (χ3n) is 4.02. The standard InChI is InChI=1S/C17H15N5O4S/c23-17(14-10-11-4-1-2-5-12(11)20-14)18-8-9-19-27(24,25)15-7-3-6-13-16(15)22-26-21-13/h1-7,10,19-20H,8-9H2,(H,18,23). The van der Waals surface area contributed by atoms with Gasteiger partial charge in [-0.25, -0.2) is 17.8 Å². The number of fused-ring (bicyclic) bond motifs is 2. The third-order valence-corrected chi connectivity index (χ3v) is 5.51. The number of H-pyrrole nitrogens is 1. The molecule has 1 amide bonds. The summed E-state index contributed by atoms with van der Waals surface area (Å²) in [6, 6.07) is 13.8. The van der Waals surface area contributed by atoms with E-state index in [2.05, 4.69) is 30.0 Å². The van der Waals surface area contributed by atoms with Crippen LogP contribution in [0.4, 0.5) is 0 Å². The van der Waals surface area contributed by atoms with Crippen molar-refractivity contribution >= 4 is 37.9 Å². The predicted octanol–water partition coefficient (Wildman–Crippen LogP) is 1.41. The summed E-state index contributed by atoms with van der Waals surface area (Å²) in [6.07, 6.45) is 0. The summed E-state index contributed by atoms with van der Waals surface area (Å²) in [7, 11) is -3.81. The highest BCUT2D eigenvalue weighted by atomic mass is 32.2. The van der Waals surface area contributed by atoms with E-state index in [1.54, 1.807) is 18.2 Å². The Kier molecular flexibility index (Phi) is 4.34. The van der Waals surface area contributed by atoms with Crippen LogP contribution < -0.4 is 10.0 Å². The summed E-state index contributed by atoms with van der Waals surface area (Å²) >= 11 is 0. The van der Waals surface area contributed by atoms with Gasteiger partial charge < -0.3 is 10.3 Å². The van der Waals surface area contributed by atoms with E-state index in [1.165, 1.54) is 6.07 Å². The van der Waals surface area contributed by atoms with E-state index in [1.807, 2.05) is 24.3 Å². The van der Waals surface area contributed by atoms with Crippen LogP contribution in [0.15, 0.2) is 58.1 Å². The lowest BCUT2D eigenvalue weighted by molar-refractivity contribution is 0.0950. The Bertz CT molecular complexity index is 1200. The molecule has 2 heterocycles. The normalized spacial score (nSPS) is 11.9. The van der Waals surface area contributed by atoms with Gasteiger partial charge in [-0.1, -0.05) is 24.3 Å². The van der Waals surface area contributed by atoms with Gasteiger partial charge in [0.15, 0.2) is 5.52 Å². The Labute approximate surface area is 153 Å². The lowest BCUT2D eigenvalue weighted by Crippen LogP contribution is -2.34. The molecule has 3 N–H and O–H groups in total. The average molecular weight is 385 g/mol. The van der Waals surface area contributed by atoms with Crippen LogP contribution >= 0.6 is 0 Å². The number of amides is 1. The highest BCUT2D eigenvalue weighted by Crippen LogP contribution is 2.19. The maximum atomic E-state index is 12.4. The summed E-state index contributed by atoms with van der Waals surface area (Å²) in [5, 5.41) is 10.8. The van der Waals surface area contributed by atoms with Gasteiger partial charge in [0.2, 0.25) is 10.0 Å². The molecule has 0 saturated carbocycles. The van der Waals surface area contributed by atoms with E-state index in [4.69, 9.17) is 0 Å². The van der Waals surface area contributed by atoms with E-state index in [0.29, 0.717) is 11.2 Å². The smallest absolute Gasteiger partial charge is 0.267 e. The van der Waals surface area contributed by atoms with Crippen molar-refractivity contribution in [2.45, 2.75) is 4.90 Å². The first kappa shape index (κ1) is 17.2. The maximum Gasteiger partial charge on any atom is 0.267 e. The molecule has 27 heavy (non-hydrogen) atoms. The molecule has 138 valence electrons. The Morgan fingerprint density at radius 3 is 2.78 bits per heavy atom. The second-order valence-electron chi connectivity index (χ2n) is 5.81. The summed E-state index contributed by atoms with van der Waals surface area (Å²) in [4.78, 5) is 15.2. The van der Waals surface area contributed by atoms with Crippen LogP contribution in [0, 0.1) is 0 Å². The topological polar surface area (TPSA) is 130 Å². The van der Waals surface area contributed by atoms with Gasteiger partial charge in [-0.05, 0) is 34.6 Å². The molecular weight excluding hydrogens is 370 g/mol. The molecular formula is C17H15N5O4S. The summed E-state index contributed by atoms with van der Waals surface area (Å²) in [5.74, 6) is -0.312. The van der Waals surface area contributed by atoms with Gasteiger partial charge in [-0.15, -0.1) is 0 Å². The van der Waals surface area contributed by atoms with Crippen LogP contribution in [0.3, 0.4) is 0 Å². The first-order valence-electron chi connectivity index (χ1n) is 8.11. The SMILES string of the molecule is O=C(NCCNS(=O)(=O)c1cccc2nonc12)c1cc2ccccc2[nH]1. The van der Waals surface area contributed by atoms with Gasteiger partial charge in [0, 0.05) is 24.0 Å². The lowest BCUT2D eigenvalue weighted by Gasteiger charge is -2.07. The fourth-order valence-electron chi connectivity index (χ4n) is 2.73. The third kappa shape index (κ3) is 3.39. The van der Waals surface area contributed by atoms with Crippen molar-refractivity contribution in [3.8, 4) is 0 Å².